The number of carbonyl (C=O) groups excluding carboxylic acids is 2. The summed E-state index contributed by atoms with van der Waals surface area (Å²) in [7, 11) is 0. The van der Waals surface area contributed by atoms with E-state index < -0.39 is 5.60 Å². The Balaban J connectivity index is 2.09. The number of nitrogens with one attached hydrogen (secondary N) is 1. The maximum atomic E-state index is 12.3. The molecular weight excluding hydrogens is 282 g/mol. The molecule has 0 spiro atoms. The van der Waals surface area contributed by atoms with Crippen LogP contribution in [0.1, 0.15) is 72.6 Å². The third-order valence-electron chi connectivity index (χ3n) is 4.84. The van der Waals surface area contributed by atoms with Crippen LogP contribution in [0.5, 0.6) is 0 Å². The highest BCUT2D eigenvalue weighted by molar-refractivity contribution is 5.71. The van der Waals surface area contributed by atoms with Gasteiger partial charge in [-0.05, 0) is 40.0 Å². The van der Waals surface area contributed by atoms with E-state index in [2.05, 4.69) is 12.2 Å². The molecule has 126 valence electrons. The molecule has 0 bridgehead atoms. The van der Waals surface area contributed by atoms with Crippen molar-refractivity contribution in [2.24, 2.45) is 5.92 Å². The van der Waals surface area contributed by atoms with Crippen molar-refractivity contribution in [2.75, 3.05) is 0 Å². The molecule has 0 aromatic carbocycles. The van der Waals surface area contributed by atoms with Crippen LogP contribution in [0.4, 0.5) is 4.79 Å². The van der Waals surface area contributed by atoms with Crippen LogP contribution in [0.2, 0.25) is 0 Å². The third kappa shape index (κ3) is 4.14. The Bertz CT molecular complexity index is 421. The summed E-state index contributed by atoms with van der Waals surface area (Å²) in [5.74, 6) is -0.0214. The fourth-order valence-corrected chi connectivity index (χ4v) is 3.64. The Labute approximate surface area is 133 Å². The van der Waals surface area contributed by atoms with Gasteiger partial charge in [-0.2, -0.15) is 0 Å². The van der Waals surface area contributed by atoms with Crippen molar-refractivity contribution in [3.63, 3.8) is 0 Å². The van der Waals surface area contributed by atoms with Gasteiger partial charge in [0.1, 0.15) is 11.7 Å². The van der Waals surface area contributed by atoms with Gasteiger partial charge in [0.05, 0.1) is 0 Å². The van der Waals surface area contributed by atoms with Gasteiger partial charge in [0.25, 0.3) is 0 Å². The zero-order valence-corrected chi connectivity index (χ0v) is 14.2. The molecule has 1 aliphatic carbocycles. The molecule has 5 nitrogen and oxygen atoms in total. The second kappa shape index (κ2) is 6.47. The molecule has 1 saturated heterocycles. The highest BCUT2D eigenvalue weighted by atomic mass is 16.6. The van der Waals surface area contributed by atoms with Crippen molar-refractivity contribution in [3.05, 3.63) is 0 Å². The predicted molar refractivity (Wildman–Crippen MR) is 83.5 cm³/mol. The Morgan fingerprint density at radius 1 is 1.32 bits per heavy atom. The Morgan fingerprint density at radius 3 is 2.45 bits per heavy atom. The van der Waals surface area contributed by atoms with Crippen LogP contribution >= 0.6 is 0 Å². The maximum absolute atomic E-state index is 12.3. The molecular formula is C17H29NO4. The van der Waals surface area contributed by atoms with Crippen LogP contribution in [0.15, 0.2) is 0 Å². The molecule has 2 atom stereocenters. The van der Waals surface area contributed by atoms with Crippen molar-refractivity contribution < 1.29 is 19.1 Å². The summed E-state index contributed by atoms with van der Waals surface area (Å²) in [6, 6.07) is 0. The van der Waals surface area contributed by atoms with Gasteiger partial charge >= 0.3 is 12.1 Å². The first-order valence-corrected chi connectivity index (χ1v) is 8.42. The SMILES string of the molecule is C[C@H]([C@@H]1CCC(=O)O1)C1(NC(=O)OC(C)(C)C)CCCCC1. The summed E-state index contributed by atoms with van der Waals surface area (Å²) in [6.07, 6.45) is 5.96. The van der Waals surface area contributed by atoms with E-state index in [1.54, 1.807) is 0 Å². The molecule has 1 aliphatic heterocycles. The van der Waals surface area contributed by atoms with Gasteiger partial charge in [-0.25, -0.2) is 4.79 Å². The molecule has 1 N–H and O–H groups in total. The number of carbonyl (C=O) groups is 2. The van der Waals surface area contributed by atoms with Gasteiger partial charge in [-0.15, -0.1) is 0 Å². The number of hydrogen-bond donors (Lipinski definition) is 1. The minimum Gasteiger partial charge on any atom is -0.462 e. The summed E-state index contributed by atoms with van der Waals surface area (Å²) >= 11 is 0. The molecule has 5 heteroatoms. The van der Waals surface area contributed by atoms with Gasteiger partial charge in [-0.1, -0.05) is 26.2 Å². The number of cyclic esters (lactones) is 1. The summed E-state index contributed by atoms with van der Waals surface area (Å²) in [4.78, 5) is 23.7. The van der Waals surface area contributed by atoms with E-state index in [1.807, 2.05) is 20.8 Å². The zero-order valence-electron chi connectivity index (χ0n) is 14.2. The maximum Gasteiger partial charge on any atom is 0.408 e. The molecule has 2 rings (SSSR count). The van der Waals surface area contributed by atoms with Crippen LogP contribution < -0.4 is 5.32 Å². The highest BCUT2D eigenvalue weighted by Gasteiger charge is 2.45. The fraction of sp³-hybridized carbons (Fsp3) is 0.882. The summed E-state index contributed by atoms with van der Waals surface area (Å²) in [5, 5.41) is 3.13. The molecule has 2 fully saturated rings. The Hall–Kier alpha value is -1.26. The predicted octanol–water partition coefficient (Wildman–Crippen LogP) is 3.56. The number of rotatable bonds is 3. The summed E-state index contributed by atoms with van der Waals surface area (Å²) in [5.41, 5.74) is -0.834. The van der Waals surface area contributed by atoms with E-state index in [0.29, 0.717) is 6.42 Å². The van der Waals surface area contributed by atoms with Gasteiger partial charge in [0.2, 0.25) is 0 Å². The standard InChI is InChI=1S/C17H29NO4/c1-12(13-8-9-14(19)21-13)17(10-6-5-7-11-17)18-15(20)22-16(2,3)4/h12-13H,5-11H2,1-4H3,(H,18,20)/t12-,13+/m1/s1. The minimum absolute atomic E-state index is 0.0967. The lowest BCUT2D eigenvalue weighted by Crippen LogP contribution is -2.57. The van der Waals surface area contributed by atoms with Crippen LogP contribution in [0, 0.1) is 5.92 Å². The Kier molecular flexibility index (Phi) is 5.03. The lowest BCUT2D eigenvalue weighted by molar-refractivity contribution is -0.144. The van der Waals surface area contributed by atoms with Crippen molar-refractivity contribution >= 4 is 12.1 Å². The molecule has 1 heterocycles. The number of hydrogen-bond acceptors (Lipinski definition) is 4. The molecule has 0 aromatic rings. The first-order valence-electron chi connectivity index (χ1n) is 8.42. The topological polar surface area (TPSA) is 64.6 Å². The van der Waals surface area contributed by atoms with E-state index in [9.17, 15) is 9.59 Å². The second-order valence-electron chi connectivity index (χ2n) is 7.70. The number of amides is 1. The van der Waals surface area contributed by atoms with Crippen molar-refractivity contribution in [1.82, 2.24) is 5.32 Å². The van der Waals surface area contributed by atoms with Crippen LogP contribution in [-0.2, 0) is 14.3 Å². The van der Waals surface area contributed by atoms with Gasteiger partial charge < -0.3 is 14.8 Å². The van der Waals surface area contributed by atoms with Crippen molar-refractivity contribution in [3.8, 4) is 0 Å². The highest BCUT2D eigenvalue weighted by Crippen LogP contribution is 2.39. The van der Waals surface area contributed by atoms with E-state index in [4.69, 9.17) is 9.47 Å². The van der Waals surface area contributed by atoms with Crippen LogP contribution in [0.25, 0.3) is 0 Å². The molecule has 0 radical (unpaired) electrons. The summed E-state index contributed by atoms with van der Waals surface area (Å²) in [6.45, 7) is 7.68. The van der Waals surface area contributed by atoms with E-state index >= 15 is 0 Å². The fourth-order valence-electron chi connectivity index (χ4n) is 3.64. The third-order valence-corrected chi connectivity index (χ3v) is 4.84. The van der Waals surface area contributed by atoms with Crippen molar-refractivity contribution in [1.29, 1.82) is 0 Å². The van der Waals surface area contributed by atoms with Crippen LogP contribution in [-0.4, -0.2) is 29.3 Å². The lowest BCUT2D eigenvalue weighted by atomic mass is 9.71. The second-order valence-corrected chi connectivity index (χ2v) is 7.70. The molecule has 1 amide bonds. The first kappa shape index (κ1) is 17.1. The van der Waals surface area contributed by atoms with Crippen LogP contribution in [0.3, 0.4) is 0 Å². The van der Waals surface area contributed by atoms with Gasteiger partial charge in [0.15, 0.2) is 0 Å². The Morgan fingerprint density at radius 2 is 1.95 bits per heavy atom. The average Bonchev–Trinajstić information content (AvgIpc) is 2.83. The molecule has 22 heavy (non-hydrogen) atoms. The van der Waals surface area contributed by atoms with E-state index in [0.717, 1.165) is 32.1 Å². The van der Waals surface area contributed by atoms with E-state index in [1.165, 1.54) is 6.42 Å². The number of esters is 1. The van der Waals surface area contributed by atoms with E-state index in [-0.39, 0.29) is 29.6 Å². The smallest absolute Gasteiger partial charge is 0.408 e. The van der Waals surface area contributed by atoms with Gasteiger partial charge in [-0.3, -0.25) is 4.79 Å². The molecule has 1 saturated carbocycles. The quantitative estimate of drug-likeness (QED) is 0.809. The average molecular weight is 311 g/mol. The molecule has 2 aliphatic rings. The number of ether oxygens (including phenoxy) is 2. The monoisotopic (exact) mass is 311 g/mol. The van der Waals surface area contributed by atoms with Gasteiger partial charge in [0, 0.05) is 17.9 Å². The largest absolute Gasteiger partial charge is 0.462 e. The number of alkyl carbamates (subject to hydrolysis) is 1. The van der Waals surface area contributed by atoms with Crippen molar-refractivity contribution in [2.45, 2.75) is 89.9 Å². The minimum atomic E-state index is -0.511. The lowest BCUT2D eigenvalue weighted by Gasteiger charge is -2.44. The normalized spacial score (nSPS) is 26.2. The summed E-state index contributed by atoms with van der Waals surface area (Å²) < 4.78 is 10.9. The molecule has 0 unspecified atom stereocenters. The zero-order chi connectivity index (χ0) is 16.4. The first-order chi connectivity index (χ1) is 10.2. The molecule has 0 aromatic heterocycles.